The number of nitrogens with zero attached hydrogens (tertiary/aromatic N) is 2. The number of benzene rings is 1. The number of aliphatic hydroxyl groups excluding tert-OH is 3. The van der Waals surface area contributed by atoms with Crippen LogP contribution in [0.4, 0.5) is 14.6 Å². The maximum Gasteiger partial charge on any atom is 0.159 e. The Balaban J connectivity index is 1.75. The third-order valence-electron chi connectivity index (χ3n) is 4.53. The molecule has 1 fully saturated rings. The molecule has 0 unspecified atom stereocenters. The third kappa shape index (κ3) is 3.60. The number of aryl methyl sites for hydroxylation is 1. The molecule has 0 aliphatic heterocycles. The summed E-state index contributed by atoms with van der Waals surface area (Å²) in [4.78, 5) is 8.15. The summed E-state index contributed by atoms with van der Waals surface area (Å²) in [6, 6.07) is 4.16. The van der Waals surface area contributed by atoms with Gasteiger partial charge in [0.25, 0.3) is 0 Å². The van der Waals surface area contributed by atoms with Crippen LogP contribution in [0.25, 0.3) is 0 Å². The summed E-state index contributed by atoms with van der Waals surface area (Å²) in [6.45, 7) is 1.72. The summed E-state index contributed by atoms with van der Waals surface area (Å²) in [5.74, 6) is -1.78. The van der Waals surface area contributed by atoms with E-state index in [1.807, 2.05) is 0 Å². The Morgan fingerprint density at radius 2 is 1.92 bits per heavy atom. The fourth-order valence-electron chi connectivity index (χ4n) is 3.19. The van der Waals surface area contributed by atoms with Crippen LogP contribution >= 0.6 is 0 Å². The van der Waals surface area contributed by atoms with E-state index in [0.29, 0.717) is 11.6 Å². The summed E-state index contributed by atoms with van der Waals surface area (Å²) in [5, 5.41) is 34.0. The number of hydrogen-bond donors (Lipinski definition) is 4. The van der Waals surface area contributed by atoms with E-state index in [2.05, 4.69) is 15.3 Å². The van der Waals surface area contributed by atoms with E-state index >= 15 is 0 Å². The van der Waals surface area contributed by atoms with Crippen molar-refractivity contribution >= 4 is 5.82 Å². The lowest BCUT2D eigenvalue weighted by Crippen LogP contribution is -2.36. The maximum atomic E-state index is 13.4. The van der Waals surface area contributed by atoms with Crippen molar-refractivity contribution < 1.29 is 24.1 Å². The van der Waals surface area contributed by atoms with Crippen LogP contribution in [0.5, 0.6) is 0 Å². The zero-order chi connectivity index (χ0) is 18.1. The average molecular weight is 351 g/mol. The molecule has 4 N–H and O–H groups in total. The van der Waals surface area contributed by atoms with Crippen molar-refractivity contribution in [2.45, 2.75) is 37.7 Å². The summed E-state index contributed by atoms with van der Waals surface area (Å²) in [7, 11) is 0. The second-order valence-electron chi connectivity index (χ2n) is 6.24. The lowest BCUT2D eigenvalue weighted by Gasteiger charge is -2.22. The molecule has 1 saturated carbocycles. The largest absolute Gasteiger partial charge is 0.390 e. The van der Waals surface area contributed by atoms with Crippen LogP contribution < -0.4 is 5.32 Å². The molecule has 134 valence electrons. The minimum atomic E-state index is -1.24. The van der Waals surface area contributed by atoms with E-state index in [-0.39, 0.29) is 12.0 Å². The minimum absolute atomic E-state index is 0.147. The van der Waals surface area contributed by atoms with Crippen LogP contribution in [0.2, 0.25) is 0 Å². The summed E-state index contributed by atoms with van der Waals surface area (Å²) in [6.07, 6.45) is -1.80. The van der Waals surface area contributed by atoms with E-state index in [0.717, 1.165) is 12.1 Å². The van der Waals surface area contributed by atoms with Crippen LogP contribution in [-0.2, 0) is 0 Å². The van der Waals surface area contributed by atoms with Crippen molar-refractivity contribution in [2.24, 2.45) is 5.92 Å². The zero-order valence-corrected chi connectivity index (χ0v) is 13.5. The molecular weight excluding hydrogens is 332 g/mol. The number of anilines is 1. The second kappa shape index (κ2) is 6.99. The Morgan fingerprint density at radius 1 is 1.16 bits per heavy atom. The predicted octanol–water partition coefficient (Wildman–Crippen LogP) is 1.32. The molecule has 0 amide bonds. The van der Waals surface area contributed by atoms with Crippen molar-refractivity contribution in [3.05, 3.63) is 53.5 Å². The number of nitrogens with one attached hydrogen (secondary N) is 1. The fourth-order valence-corrected chi connectivity index (χ4v) is 3.19. The summed E-state index contributed by atoms with van der Waals surface area (Å²) in [5.41, 5.74) is 0.147. The molecule has 1 aromatic heterocycles. The molecule has 3 rings (SSSR count). The van der Waals surface area contributed by atoms with Gasteiger partial charge in [0.2, 0.25) is 0 Å². The van der Waals surface area contributed by atoms with E-state index in [1.54, 1.807) is 19.2 Å². The first-order valence-corrected chi connectivity index (χ1v) is 7.92. The Bertz CT molecular complexity index is 762. The van der Waals surface area contributed by atoms with Gasteiger partial charge in [0.1, 0.15) is 17.7 Å². The minimum Gasteiger partial charge on any atom is -0.390 e. The first-order chi connectivity index (χ1) is 11.9. The van der Waals surface area contributed by atoms with Crippen molar-refractivity contribution in [3.8, 4) is 0 Å². The quantitative estimate of drug-likeness (QED) is 0.663. The SMILES string of the molecule is Cc1nccc(N[C@@H]2C[C@H]([C@H](O)c3ccc(F)c(F)c3)[C@@H](O)[C@H]2O)n1. The number of aliphatic hydroxyl groups is 3. The highest BCUT2D eigenvalue weighted by Crippen LogP contribution is 2.37. The van der Waals surface area contributed by atoms with Gasteiger partial charge in [0.05, 0.1) is 18.2 Å². The summed E-state index contributed by atoms with van der Waals surface area (Å²) < 4.78 is 26.4. The molecule has 1 heterocycles. The van der Waals surface area contributed by atoms with E-state index < -0.39 is 41.9 Å². The molecule has 0 bridgehead atoms. The molecule has 25 heavy (non-hydrogen) atoms. The lowest BCUT2D eigenvalue weighted by atomic mass is 9.92. The van der Waals surface area contributed by atoms with E-state index in [1.165, 1.54) is 6.07 Å². The molecule has 1 aliphatic rings. The van der Waals surface area contributed by atoms with Crippen molar-refractivity contribution in [3.63, 3.8) is 0 Å². The average Bonchev–Trinajstić information content (AvgIpc) is 2.85. The Kier molecular flexibility index (Phi) is 4.94. The normalized spacial score (nSPS) is 27.3. The van der Waals surface area contributed by atoms with Gasteiger partial charge >= 0.3 is 0 Å². The van der Waals surface area contributed by atoms with Gasteiger partial charge in [-0.2, -0.15) is 0 Å². The molecule has 2 aromatic rings. The molecule has 1 aliphatic carbocycles. The topological polar surface area (TPSA) is 98.5 Å². The van der Waals surface area contributed by atoms with Gasteiger partial charge < -0.3 is 20.6 Å². The van der Waals surface area contributed by atoms with Gasteiger partial charge in [-0.1, -0.05) is 6.07 Å². The highest BCUT2D eigenvalue weighted by Gasteiger charge is 2.45. The fraction of sp³-hybridized carbons (Fsp3) is 0.412. The van der Waals surface area contributed by atoms with Gasteiger partial charge in [-0.25, -0.2) is 18.7 Å². The van der Waals surface area contributed by atoms with Crippen LogP contribution in [0.3, 0.4) is 0 Å². The lowest BCUT2D eigenvalue weighted by molar-refractivity contribution is -0.0222. The maximum absolute atomic E-state index is 13.4. The number of aromatic nitrogens is 2. The second-order valence-corrected chi connectivity index (χ2v) is 6.24. The Morgan fingerprint density at radius 3 is 2.60 bits per heavy atom. The van der Waals surface area contributed by atoms with E-state index in [4.69, 9.17) is 0 Å². The van der Waals surface area contributed by atoms with Gasteiger partial charge in [0.15, 0.2) is 11.6 Å². The molecule has 8 heteroatoms. The van der Waals surface area contributed by atoms with Crippen LogP contribution in [-0.4, -0.2) is 43.5 Å². The highest BCUT2D eigenvalue weighted by molar-refractivity contribution is 5.36. The Labute approximate surface area is 143 Å². The molecule has 0 spiro atoms. The smallest absolute Gasteiger partial charge is 0.159 e. The molecular formula is C17H19F2N3O3. The molecule has 1 aromatic carbocycles. The van der Waals surface area contributed by atoms with Crippen LogP contribution in [0.1, 0.15) is 23.9 Å². The Hall–Kier alpha value is -2.16. The molecule has 5 atom stereocenters. The molecule has 6 nitrogen and oxygen atoms in total. The van der Waals surface area contributed by atoms with Crippen LogP contribution in [0, 0.1) is 24.5 Å². The number of halogens is 2. The van der Waals surface area contributed by atoms with E-state index in [9.17, 15) is 24.1 Å². The zero-order valence-electron chi connectivity index (χ0n) is 13.5. The van der Waals surface area contributed by atoms with Gasteiger partial charge in [0, 0.05) is 12.1 Å². The standard InChI is InChI=1S/C17H19F2N3O3/c1-8-20-5-4-14(21-8)22-13-7-10(16(24)17(13)25)15(23)9-2-3-11(18)12(19)6-9/h2-6,10,13,15-17,23-25H,7H2,1H3,(H,20,21,22)/t10-,13-,15-,16-,17+/m1/s1. The predicted molar refractivity (Wildman–Crippen MR) is 85.6 cm³/mol. The van der Waals surface area contributed by atoms with Gasteiger partial charge in [-0.3, -0.25) is 0 Å². The first-order valence-electron chi connectivity index (χ1n) is 7.92. The summed E-state index contributed by atoms with van der Waals surface area (Å²) >= 11 is 0. The van der Waals surface area contributed by atoms with Crippen LogP contribution in [0.15, 0.2) is 30.5 Å². The van der Waals surface area contributed by atoms with Gasteiger partial charge in [-0.15, -0.1) is 0 Å². The monoisotopic (exact) mass is 351 g/mol. The highest BCUT2D eigenvalue weighted by atomic mass is 19.2. The van der Waals surface area contributed by atoms with Crippen molar-refractivity contribution in [2.75, 3.05) is 5.32 Å². The number of rotatable bonds is 4. The number of hydrogen-bond acceptors (Lipinski definition) is 6. The van der Waals surface area contributed by atoms with Crippen molar-refractivity contribution in [1.82, 2.24) is 9.97 Å². The molecule has 0 radical (unpaired) electrons. The van der Waals surface area contributed by atoms with Crippen molar-refractivity contribution in [1.29, 1.82) is 0 Å². The first kappa shape index (κ1) is 17.7. The molecule has 0 saturated heterocycles. The van der Waals surface area contributed by atoms with Gasteiger partial charge in [-0.05, 0) is 37.1 Å². The third-order valence-corrected chi connectivity index (χ3v) is 4.53.